The Morgan fingerprint density at radius 1 is 1.11 bits per heavy atom. The van der Waals surface area contributed by atoms with E-state index in [-0.39, 0.29) is 5.91 Å². The Bertz CT molecular complexity index is 695. The van der Waals surface area contributed by atoms with E-state index in [4.69, 9.17) is 23.2 Å². The highest BCUT2D eigenvalue weighted by Crippen LogP contribution is 2.43. The third-order valence-electron chi connectivity index (χ3n) is 3.21. The van der Waals surface area contributed by atoms with E-state index in [2.05, 4.69) is 5.32 Å². The molecular formula is C15H11Cl2NO. The Morgan fingerprint density at radius 2 is 1.84 bits per heavy atom. The van der Waals surface area contributed by atoms with E-state index < -0.39 is 0 Å². The van der Waals surface area contributed by atoms with Gasteiger partial charge in [0.15, 0.2) is 0 Å². The zero-order valence-electron chi connectivity index (χ0n) is 10.3. The molecule has 1 aliphatic carbocycles. The molecule has 0 radical (unpaired) electrons. The molecule has 0 saturated carbocycles. The lowest BCUT2D eigenvalue weighted by molar-refractivity contribution is -0.114. The molecule has 2 nitrogen and oxygen atoms in total. The lowest BCUT2D eigenvalue weighted by Crippen LogP contribution is -2.07. The molecule has 1 N–H and O–H groups in total. The quantitative estimate of drug-likeness (QED) is 0.701. The molecular weight excluding hydrogens is 281 g/mol. The van der Waals surface area contributed by atoms with Gasteiger partial charge in [-0.2, -0.15) is 0 Å². The van der Waals surface area contributed by atoms with E-state index in [9.17, 15) is 4.79 Å². The van der Waals surface area contributed by atoms with Crippen molar-refractivity contribution in [2.75, 3.05) is 5.32 Å². The van der Waals surface area contributed by atoms with Crippen molar-refractivity contribution in [3.63, 3.8) is 0 Å². The summed E-state index contributed by atoms with van der Waals surface area (Å²) in [6.45, 7) is 1.49. The van der Waals surface area contributed by atoms with Gasteiger partial charge in [-0.15, -0.1) is 0 Å². The lowest BCUT2D eigenvalue weighted by Gasteiger charge is -2.11. The Kier molecular flexibility index (Phi) is 3.00. The second-order valence-corrected chi connectivity index (χ2v) is 5.52. The van der Waals surface area contributed by atoms with Crippen LogP contribution < -0.4 is 5.32 Å². The van der Waals surface area contributed by atoms with Crippen molar-refractivity contribution in [1.82, 2.24) is 0 Å². The standard InChI is InChI=1S/C15H11Cl2NO/c1-8(19)18-14-7-12(17)6-10-4-9-5-11(16)2-3-13(9)15(10)14/h2-3,5-7H,4H2,1H3,(H,18,19). The summed E-state index contributed by atoms with van der Waals surface area (Å²) in [7, 11) is 0. The van der Waals surface area contributed by atoms with Crippen molar-refractivity contribution in [3.8, 4) is 11.1 Å². The highest BCUT2D eigenvalue weighted by molar-refractivity contribution is 6.31. The van der Waals surface area contributed by atoms with Crippen molar-refractivity contribution >= 4 is 34.8 Å². The van der Waals surface area contributed by atoms with Gasteiger partial charge < -0.3 is 5.32 Å². The van der Waals surface area contributed by atoms with Crippen molar-refractivity contribution in [2.24, 2.45) is 0 Å². The first-order valence-electron chi connectivity index (χ1n) is 5.93. The highest BCUT2D eigenvalue weighted by atomic mass is 35.5. The van der Waals surface area contributed by atoms with Crippen LogP contribution in [0.5, 0.6) is 0 Å². The predicted octanol–water partition coefficient (Wildman–Crippen LogP) is 4.52. The number of benzene rings is 2. The monoisotopic (exact) mass is 291 g/mol. The average Bonchev–Trinajstić information content (AvgIpc) is 2.64. The maximum absolute atomic E-state index is 11.3. The molecule has 1 amide bonds. The number of nitrogens with one attached hydrogen (secondary N) is 1. The number of carbonyl (C=O) groups is 1. The topological polar surface area (TPSA) is 29.1 Å². The summed E-state index contributed by atoms with van der Waals surface area (Å²) >= 11 is 12.1. The summed E-state index contributed by atoms with van der Waals surface area (Å²) in [6.07, 6.45) is 0.790. The zero-order valence-corrected chi connectivity index (χ0v) is 11.8. The number of hydrogen-bond donors (Lipinski definition) is 1. The normalized spacial score (nSPS) is 11.9. The Balaban J connectivity index is 2.21. The van der Waals surface area contributed by atoms with Gasteiger partial charge in [-0.25, -0.2) is 0 Å². The maximum atomic E-state index is 11.3. The molecule has 0 unspecified atom stereocenters. The summed E-state index contributed by atoms with van der Waals surface area (Å²) in [5.74, 6) is -0.105. The molecule has 3 rings (SSSR count). The number of carbonyl (C=O) groups excluding carboxylic acids is 1. The van der Waals surface area contributed by atoms with Crippen LogP contribution in [0.1, 0.15) is 18.1 Å². The molecule has 0 aromatic heterocycles. The zero-order chi connectivity index (χ0) is 13.6. The van der Waals surface area contributed by atoms with Crippen LogP contribution in [0.4, 0.5) is 5.69 Å². The summed E-state index contributed by atoms with van der Waals surface area (Å²) in [6, 6.07) is 9.54. The third-order valence-corrected chi connectivity index (χ3v) is 3.67. The Labute approximate surface area is 121 Å². The molecule has 0 fully saturated rings. The molecule has 0 atom stereocenters. The number of fused-ring (bicyclic) bond motifs is 3. The third kappa shape index (κ3) is 2.22. The van der Waals surface area contributed by atoms with Gasteiger partial charge in [0.25, 0.3) is 0 Å². The van der Waals surface area contributed by atoms with Crippen molar-refractivity contribution < 1.29 is 4.79 Å². The fraction of sp³-hybridized carbons (Fsp3) is 0.133. The lowest BCUT2D eigenvalue weighted by atomic mass is 10.0. The smallest absolute Gasteiger partial charge is 0.221 e. The van der Waals surface area contributed by atoms with Crippen LogP contribution in [-0.4, -0.2) is 5.91 Å². The number of halogens is 2. The van der Waals surface area contributed by atoms with Crippen LogP contribution in [0.3, 0.4) is 0 Å². The van der Waals surface area contributed by atoms with Gasteiger partial charge in [0.05, 0.1) is 5.69 Å². The van der Waals surface area contributed by atoms with Crippen molar-refractivity contribution in [1.29, 1.82) is 0 Å². The molecule has 0 saturated heterocycles. The number of amides is 1. The maximum Gasteiger partial charge on any atom is 0.221 e. The van der Waals surface area contributed by atoms with Crippen LogP contribution in [0.2, 0.25) is 10.0 Å². The second-order valence-electron chi connectivity index (χ2n) is 4.65. The number of hydrogen-bond acceptors (Lipinski definition) is 1. The van der Waals surface area contributed by atoms with Gasteiger partial charge in [0.2, 0.25) is 5.91 Å². The first kappa shape index (κ1) is 12.5. The van der Waals surface area contributed by atoms with Gasteiger partial charge in [0, 0.05) is 22.5 Å². The minimum Gasteiger partial charge on any atom is -0.326 e. The second kappa shape index (κ2) is 4.55. The molecule has 0 bridgehead atoms. The number of anilines is 1. The van der Waals surface area contributed by atoms with Crippen molar-refractivity contribution in [2.45, 2.75) is 13.3 Å². The van der Waals surface area contributed by atoms with Gasteiger partial charge in [-0.05, 0) is 47.4 Å². The summed E-state index contributed by atoms with van der Waals surface area (Å²) < 4.78 is 0. The average molecular weight is 292 g/mol. The molecule has 4 heteroatoms. The van der Waals surface area contributed by atoms with E-state index >= 15 is 0 Å². The molecule has 0 spiro atoms. The molecule has 2 aromatic carbocycles. The Hall–Kier alpha value is -1.51. The SMILES string of the molecule is CC(=O)Nc1cc(Cl)cc2c1-c1ccc(Cl)cc1C2. The molecule has 1 aliphatic rings. The van der Waals surface area contributed by atoms with Gasteiger partial charge >= 0.3 is 0 Å². The summed E-state index contributed by atoms with van der Waals surface area (Å²) in [5.41, 5.74) is 5.20. The largest absolute Gasteiger partial charge is 0.326 e. The first-order chi connectivity index (χ1) is 9.04. The van der Waals surface area contributed by atoms with Gasteiger partial charge in [0.1, 0.15) is 0 Å². The predicted molar refractivity (Wildman–Crippen MR) is 79.0 cm³/mol. The summed E-state index contributed by atoms with van der Waals surface area (Å²) in [4.78, 5) is 11.3. The van der Waals surface area contributed by atoms with Crippen molar-refractivity contribution in [3.05, 3.63) is 51.5 Å². The highest BCUT2D eigenvalue weighted by Gasteiger charge is 2.22. The van der Waals surface area contributed by atoms with Crippen LogP contribution in [0.15, 0.2) is 30.3 Å². The van der Waals surface area contributed by atoms with E-state index in [1.807, 2.05) is 24.3 Å². The van der Waals surface area contributed by atoms with Crippen LogP contribution in [0, 0.1) is 0 Å². The fourth-order valence-electron chi connectivity index (χ4n) is 2.57. The molecule has 0 aliphatic heterocycles. The summed E-state index contributed by atoms with van der Waals surface area (Å²) in [5, 5.41) is 4.19. The van der Waals surface area contributed by atoms with Crippen LogP contribution in [0.25, 0.3) is 11.1 Å². The van der Waals surface area contributed by atoms with Crippen LogP contribution >= 0.6 is 23.2 Å². The van der Waals surface area contributed by atoms with E-state index in [1.54, 1.807) is 6.07 Å². The molecule has 0 heterocycles. The first-order valence-corrected chi connectivity index (χ1v) is 6.69. The fourth-order valence-corrected chi connectivity index (χ4v) is 3.00. The Morgan fingerprint density at radius 3 is 2.58 bits per heavy atom. The molecule has 19 heavy (non-hydrogen) atoms. The van der Waals surface area contributed by atoms with Gasteiger partial charge in [-0.3, -0.25) is 4.79 Å². The minimum absolute atomic E-state index is 0.105. The number of rotatable bonds is 1. The minimum atomic E-state index is -0.105. The van der Waals surface area contributed by atoms with E-state index in [0.717, 1.165) is 39.4 Å². The van der Waals surface area contributed by atoms with E-state index in [1.165, 1.54) is 6.92 Å². The van der Waals surface area contributed by atoms with Crippen LogP contribution in [-0.2, 0) is 11.2 Å². The molecule has 2 aromatic rings. The molecule has 96 valence electrons. The van der Waals surface area contributed by atoms with E-state index in [0.29, 0.717) is 5.02 Å². The van der Waals surface area contributed by atoms with Gasteiger partial charge in [-0.1, -0.05) is 29.3 Å².